The number of β-amino-alcohol motifs (C(OH)–C–C–N with tert-alkyl or cyclic N) is 1. The molecule has 1 aliphatic heterocycles. The van der Waals surface area contributed by atoms with E-state index in [1.807, 2.05) is 6.92 Å². The zero-order valence-electron chi connectivity index (χ0n) is 10.4. The summed E-state index contributed by atoms with van der Waals surface area (Å²) in [6.07, 6.45) is 1.33. The van der Waals surface area contributed by atoms with Crippen LogP contribution in [-0.4, -0.2) is 36.5 Å². The minimum absolute atomic E-state index is 0.0525. The summed E-state index contributed by atoms with van der Waals surface area (Å²) in [5.41, 5.74) is -0.950. The number of aliphatic hydroxyl groups is 1. The van der Waals surface area contributed by atoms with Gasteiger partial charge in [-0.2, -0.15) is 4.31 Å². The molecule has 2 rings (SSSR count). The largest absolute Gasteiger partial charge is 0.387 e. The molecule has 0 unspecified atom stereocenters. The van der Waals surface area contributed by atoms with Crippen molar-refractivity contribution in [3.05, 3.63) is 29.0 Å². The summed E-state index contributed by atoms with van der Waals surface area (Å²) >= 11 is 5.76. The average Bonchev–Trinajstić information content (AvgIpc) is 2.25. The van der Waals surface area contributed by atoms with Gasteiger partial charge in [0.2, 0.25) is 10.0 Å². The van der Waals surface area contributed by atoms with Crippen LogP contribution in [0.5, 0.6) is 0 Å². The number of halogens is 2. The van der Waals surface area contributed by atoms with E-state index in [9.17, 15) is 17.9 Å². The van der Waals surface area contributed by atoms with Crippen LogP contribution in [0.1, 0.15) is 19.8 Å². The first-order chi connectivity index (χ1) is 8.78. The Morgan fingerprint density at radius 3 is 2.63 bits per heavy atom. The molecule has 0 bridgehead atoms. The highest BCUT2D eigenvalue weighted by atomic mass is 35.5. The van der Waals surface area contributed by atoms with E-state index < -0.39 is 21.4 Å². The molecule has 0 saturated carbocycles. The number of nitrogens with zero attached hydrogens (tertiary/aromatic N) is 1. The van der Waals surface area contributed by atoms with Crippen LogP contribution in [0.3, 0.4) is 0 Å². The number of sulfonamides is 1. The summed E-state index contributed by atoms with van der Waals surface area (Å²) in [7, 11) is -3.76. The Bertz CT molecular complexity index is 585. The molecular formula is C12H15ClFNO3S. The van der Waals surface area contributed by atoms with Crippen LogP contribution in [0.2, 0.25) is 5.02 Å². The number of hydrogen-bond donors (Lipinski definition) is 1. The molecule has 0 atom stereocenters. The van der Waals surface area contributed by atoms with Gasteiger partial charge in [-0.1, -0.05) is 24.9 Å². The van der Waals surface area contributed by atoms with Crippen molar-refractivity contribution in [1.82, 2.24) is 4.31 Å². The third kappa shape index (κ3) is 2.76. The average molecular weight is 308 g/mol. The molecule has 1 heterocycles. The first-order valence-corrected chi connectivity index (χ1v) is 7.78. The second kappa shape index (κ2) is 5.01. The Hall–Kier alpha value is -0.690. The van der Waals surface area contributed by atoms with E-state index in [1.54, 1.807) is 0 Å². The third-order valence-electron chi connectivity index (χ3n) is 3.17. The van der Waals surface area contributed by atoms with E-state index >= 15 is 0 Å². The van der Waals surface area contributed by atoms with Gasteiger partial charge in [0.25, 0.3) is 0 Å². The zero-order chi connectivity index (χ0) is 14.3. The van der Waals surface area contributed by atoms with Gasteiger partial charge in [0, 0.05) is 13.1 Å². The predicted molar refractivity (Wildman–Crippen MR) is 70.0 cm³/mol. The van der Waals surface area contributed by atoms with Gasteiger partial charge in [0.05, 0.1) is 10.6 Å². The van der Waals surface area contributed by atoms with Gasteiger partial charge in [0.15, 0.2) is 0 Å². The predicted octanol–water partition coefficient (Wildman–Crippen LogP) is 2.01. The molecule has 1 aromatic rings. The lowest BCUT2D eigenvalue weighted by molar-refractivity contribution is -0.0653. The fourth-order valence-electron chi connectivity index (χ4n) is 2.23. The highest BCUT2D eigenvalue weighted by Gasteiger charge is 2.46. The highest BCUT2D eigenvalue weighted by Crippen LogP contribution is 2.33. The van der Waals surface area contributed by atoms with Crippen LogP contribution in [0.4, 0.5) is 4.39 Å². The standard InChI is InChI=1S/C12H15ClFNO3S/c1-2-5-12(16)7-15(8-12)19(17,18)11-4-3-9(14)6-10(11)13/h3-4,6,16H,2,5,7-8H2,1H3. The van der Waals surface area contributed by atoms with Gasteiger partial charge in [0.1, 0.15) is 10.7 Å². The molecule has 0 spiro atoms. The van der Waals surface area contributed by atoms with Crippen molar-refractivity contribution < 1.29 is 17.9 Å². The fourth-order valence-corrected chi connectivity index (χ4v) is 4.33. The molecule has 1 N–H and O–H groups in total. The Morgan fingerprint density at radius 2 is 2.11 bits per heavy atom. The fraction of sp³-hybridized carbons (Fsp3) is 0.500. The number of hydrogen-bond acceptors (Lipinski definition) is 3. The summed E-state index contributed by atoms with van der Waals surface area (Å²) in [5.74, 6) is -0.588. The summed E-state index contributed by atoms with van der Waals surface area (Å²) < 4.78 is 38.6. The van der Waals surface area contributed by atoms with Crippen LogP contribution in [-0.2, 0) is 10.0 Å². The van der Waals surface area contributed by atoms with Gasteiger partial charge < -0.3 is 5.11 Å². The molecule has 1 saturated heterocycles. The van der Waals surface area contributed by atoms with Gasteiger partial charge in [-0.05, 0) is 24.6 Å². The van der Waals surface area contributed by atoms with Crippen molar-refractivity contribution in [2.45, 2.75) is 30.3 Å². The minimum atomic E-state index is -3.76. The van der Waals surface area contributed by atoms with E-state index in [-0.39, 0.29) is 23.0 Å². The second-order valence-corrected chi connectivity index (χ2v) is 7.14. The first kappa shape index (κ1) is 14.7. The molecule has 0 aromatic heterocycles. The van der Waals surface area contributed by atoms with Crippen LogP contribution >= 0.6 is 11.6 Å². The first-order valence-electron chi connectivity index (χ1n) is 5.96. The Balaban J connectivity index is 2.21. The highest BCUT2D eigenvalue weighted by molar-refractivity contribution is 7.89. The van der Waals surface area contributed by atoms with Crippen LogP contribution in [0.25, 0.3) is 0 Å². The molecule has 1 aromatic carbocycles. The van der Waals surface area contributed by atoms with E-state index in [0.29, 0.717) is 6.42 Å². The summed E-state index contributed by atoms with van der Waals surface area (Å²) in [6.45, 7) is 2.03. The zero-order valence-corrected chi connectivity index (χ0v) is 12.0. The molecule has 4 nitrogen and oxygen atoms in total. The van der Waals surface area contributed by atoms with Crippen molar-refractivity contribution in [1.29, 1.82) is 0 Å². The lowest BCUT2D eigenvalue weighted by Crippen LogP contribution is -2.63. The van der Waals surface area contributed by atoms with Crippen LogP contribution in [0, 0.1) is 5.82 Å². The van der Waals surface area contributed by atoms with Crippen molar-refractivity contribution >= 4 is 21.6 Å². The van der Waals surface area contributed by atoms with E-state index in [1.165, 1.54) is 0 Å². The molecular weight excluding hydrogens is 293 g/mol. The van der Waals surface area contributed by atoms with Gasteiger partial charge in [-0.15, -0.1) is 0 Å². The van der Waals surface area contributed by atoms with Crippen LogP contribution in [0.15, 0.2) is 23.1 Å². The van der Waals surface area contributed by atoms with Gasteiger partial charge >= 0.3 is 0 Å². The second-order valence-electron chi connectivity index (χ2n) is 4.82. The lowest BCUT2D eigenvalue weighted by atomic mass is 9.92. The van der Waals surface area contributed by atoms with Gasteiger partial charge in [-0.3, -0.25) is 0 Å². The van der Waals surface area contributed by atoms with Crippen molar-refractivity contribution in [3.8, 4) is 0 Å². The summed E-state index contributed by atoms with van der Waals surface area (Å²) in [6, 6.07) is 3.16. The van der Waals surface area contributed by atoms with Crippen molar-refractivity contribution in [2.75, 3.05) is 13.1 Å². The smallest absolute Gasteiger partial charge is 0.244 e. The molecule has 1 aliphatic rings. The quantitative estimate of drug-likeness (QED) is 0.926. The van der Waals surface area contributed by atoms with Crippen molar-refractivity contribution in [2.24, 2.45) is 0 Å². The summed E-state index contributed by atoms with van der Waals surface area (Å²) in [5, 5.41) is 9.86. The topological polar surface area (TPSA) is 57.6 Å². The molecule has 106 valence electrons. The lowest BCUT2D eigenvalue weighted by Gasteiger charge is -2.45. The minimum Gasteiger partial charge on any atom is -0.387 e. The van der Waals surface area contributed by atoms with Crippen molar-refractivity contribution in [3.63, 3.8) is 0 Å². The molecule has 19 heavy (non-hydrogen) atoms. The number of benzene rings is 1. The monoisotopic (exact) mass is 307 g/mol. The maximum Gasteiger partial charge on any atom is 0.244 e. The maximum atomic E-state index is 12.9. The van der Waals surface area contributed by atoms with E-state index in [2.05, 4.69) is 0 Å². The normalized spacial score (nSPS) is 19.2. The van der Waals surface area contributed by atoms with E-state index in [0.717, 1.165) is 28.9 Å². The van der Waals surface area contributed by atoms with E-state index in [4.69, 9.17) is 11.6 Å². The maximum absolute atomic E-state index is 12.9. The SMILES string of the molecule is CCCC1(O)CN(S(=O)(=O)c2ccc(F)cc2Cl)C1. The number of rotatable bonds is 4. The third-order valence-corrected chi connectivity index (χ3v) is 5.44. The molecule has 0 amide bonds. The Kier molecular flexibility index (Phi) is 3.88. The molecule has 1 fully saturated rings. The molecule has 7 heteroatoms. The Labute approximate surface area is 116 Å². The molecule has 0 aliphatic carbocycles. The molecule has 0 radical (unpaired) electrons. The van der Waals surface area contributed by atoms with Gasteiger partial charge in [-0.25, -0.2) is 12.8 Å². The Morgan fingerprint density at radius 1 is 1.47 bits per heavy atom. The van der Waals surface area contributed by atoms with Crippen LogP contribution < -0.4 is 0 Å². The summed E-state index contributed by atoms with van der Waals surface area (Å²) in [4.78, 5) is -0.130.